The summed E-state index contributed by atoms with van der Waals surface area (Å²) in [7, 11) is 0.393. The van der Waals surface area contributed by atoms with Crippen LogP contribution in [0.15, 0.2) is 29.2 Å². The molecule has 0 fully saturated rings. The zero-order chi connectivity index (χ0) is 12.3. The van der Waals surface area contributed by atoms with E-state index in [0.29, 0.717) is 0 Å². The van der Waals surface area contributed by atoms with Crippen molar-refractivity contribution in [1.29, 1.82) is 4.78 Å². The number of nitrogens with one attached hydrogen (secondary N) is 1. The van der Waals surface area contributed by atoms with E-state index in [4.69, 9.17) is 9.92 Å². The number of nitrogens with two attached hydrogens (primary N) is 1. The molecule has 0 saturated carbocycles. The van der Waals surface area contributed by atoms with Crippen LogP contribution in [-0.4, -0.2) is 29.9 Å². The van der Waals surface area contributed by atoms with E-state index in [1.54, 1.807) is 31.1 Å². The van der Waals surface area contributed by atoms with Crippen LogP contribution in [0.2, 0.25) is 0 Å². The van der Waals surface area contributed by atoms with E-state index in [-0.39, 0.29) is 10.9 Å². The van der Waals surface area contributed by atoms with Gasteiger partial charge < -0.3 is 4.90 Å². The summed E-state index contributed by atoms with van der Waals surface area (Å²) in [6, 6.07) is 6.00. The van der Waals surface area contributed by atoms with Crippen LogP contribution in [0.4, 0.5) is 4.39 Å². The van der Waals surface area contributed by atoms with E-state index in [9.17, 15) is 8.60 Å². The maximum Gasteiger partial charge on any atom is 0.132 e. The molecule has 0 aliphatic carbocycles. The van der Waals surface area contributed by atoms with Gasteiger partial charge in [0, 0.05) is 0 Å². The Balaban J connectivity index is 3.03. The average molecular weight is 245 g/mol. The molecule has 0 bridgehead atoms. The van der Waals surface area contributed by atoms with Gasteiger partial charge in [-0.05, 0) is 31.8 Å². The fraction of sp³-hybridized carbons (Fsp3) is 0.400. The van der Waals surface area contributed by atoms with Crippen molar-refractivity contribution in [3.8, 4) is 0 Å². The predicted molar refractivity (Wildman–Crippen MR) is 62.2 cm³/mol. The lowest BCUT2D eigenvalue weighted by atomic mass is 10.1. The fourth-order valence-electron chi connectivity index (χ4n) is 1.42. The molecule has 1 rings (SSSR count). The van der Waals surface area contributed by atoms with Crippen molar-refractivity contribution in [2.45, 2.75) is 10.9 Å². The zero-order valence-electron chi connectivity index (χ0n) is 9.31. The third kappa shape index (κ3) is 3.01. The standard InChI is InChI=1S/C10H16FN3OS/c1-14(2)10(7-11)8-3-5-9(6-4-8)16(12,13)15/h3-6,10H,7H2,1-2H3,(H3,12,13,15). The summed E-state index contributed by atoms with van der Waals surface area (Å²) in [5.74, 6) is 0. The average Bonchev–Trinajstić information content (AvgIpc) is 2.17. The normalized spacial score (nSPS) is 17.1. The number of hydrogen-bond donors (Lipinski definition) is 2. The minimum Gasteiger partial charge on any atom is -0.300 e. The highest BCUT2D eigenvalue weighted by atomic mass is 32.2. The molecular weight excluding hydrogens is 229 g/mol. The predicted octanol–water partition coefficient (Wildman–Crippen LogP) is 1.54. The van der Waals surface area contributed by atoms with Crippen LogP contribution in [0.25, 0.3) is 0 Å². The first-order valence-electron chi connectivity index (χ1n) is 4.75. The Kier molecular flexibility index (Phi) is 4.01. The quantitative estimate of drug-likeness (QED) is 0.844. The van der Waals surface area contributed by atoms with Gasteiger partial charge in [-0.2, -0.15) is 0 Å². The maximum absolute atomic E-state index is 12.8. The molecule has 2 unspecified atom stereocenters. The zero-order valence-corrected chi connectivity index (χ0v) is 10.1. The molecule has 1 aromatic rings. The molecule has 0 saturated heterocycles. The summed E-state index contributed by atoms with van der Waals surface area (Å²) in [6.07, 6.45) is 0. The van der Waals surface area contributed by atoms with Gasteiger partial charge in [0.1, 0.15) is 16.6 Å². The molecule has 0 heterocycles. The van der Waals surface area contributed by atoms with E-state index in [2.05, 4.69) is 0 Å². The van der Waals surface area contributed by atoms with Crippen LogP contribution in [0.3, 0.4) is 0 Å². The van der Waals surface area contributed by atoms with Gasteiger partial charge in [0.05, 0.1) is 10.9 Å². The number of halogens is 1. The summed E-state index contributed by atoms with van der Waals surface area (Å²) in [5.41, 5.74) is 0.778. The van der Waals surface area contributed by atoms with E-state index in [1.165, 1.54) is 12.1 Å². The first-order chi connectivity index (χ1) is 7.36. The van der Waals surface area contributed by atoms with Crippen LogP contribution in [0, 0.1) is 4.78 Å². The van der Waals surface area contributed by atoms with Gasteiger partial charge in [-0.1, -0.05) is 12.1 Å². The number of hydrogen-bond acceptors (Lipinski definition) is 3. The monoisotopic (exact) mass is 245 g/mol. The minimum atomic E-state index is -3.18. The lowest BCUT2D eigenvalue weighted by molar-refractivity contribution is 0.242. The van der Waals surface area contributed by atoms with Gasteiger partial charge in [-0.3, -0.25) is 0 Å². The van der Waals surface area contributed by atoms with Crippen LogP contribution in [0.1, 0.15) is 11.6 Å². The Morgan fingerprint density at radius 2 is 1.94 bits per heavy atom. The second-order valence-electron chi connectivity index (χ2n) is 3.80. The molecule has 0 radical (unpaired) electrons. The molecular formula is C10H16FN3OS. The fourth-order valence-corrected chi connectivity index (χ4v) is 1.96. The van der Waals surface area contributed by atoms with Crippen molar-refractivity contribution in [1.82, 2.24) is 4.90 Å². The van der Waals surface area contributed by atoms with Crippen molar-refractivity contribution in [2.24, 2.45) is 5.14 Å². The first kappa shape index (κ1) is 13.1. The summed E-state index contributed by atoms with van der Waals surface area (Å²) >= 11 is 0. The van der Waals surface area contributed by atoms with Gasteiger partial charge >= 0.3 is 0 Å². The van der Waals surface area contributed by atoms with Crippen molar-refractivity contribution in [3.05, 3.63) is 29.8 Å². The van der Waals surface area contributed by atoms with Crippen molar-refractivity contribution < 1.29 is 8.60 Å². The van der Waals surface area contributed by atoms with Gasteiger partial charge in [0.25, 0.3) is 0 Å². The lowest BCUT2D eigenvalue weighted by Gasteiger charge is -2.21. The highest BCUT2D eigenvalue weighted by Gasteiger charge is 2.14. The molecule has 6 heteroatoms. The number of benzene rings is 1. The Hall–Kier alpha value is -0.980. The van der Waals surface area contributed by atoms with Gasteiger partial charge in [0.15, 0.2) is 0 Å². The Bertz CT molecular complexity index is 442. The van der Waals surface area contributed by atoms with Crippen molar-refractivity contribution >= 4 is 9.92 Å². The summed E-state index contributed by atoms with van der Waals surface area (Å²) < 4.78 is 31.2. The topological polar surface area (TPSA) is 70.2 Å². The minimum absolute atomic E-state index is 0.257. The molecule has 0 aliphatic rings. The molecule has 1 aromatic carbocycles. The van der Waals surface area contributed by atoms with Gasteiger partial charge in [-0.15, -0.1) is 0 Å². The van der Waals surface area contributed by atoms with Crippen LogP contribution in [-0.2, 0) is 9.92 Å². The number of nitrogens with zero attached hydrogens (tertiary/aromatic N) is 1. The van der Waals surface area contributed by atoms with E-state index >= 15 is 0 Å². The second kappa shape index (κ2) is 4.90. The second-order valence-corrected chi connectivity index (χ2v) is 5.48. The highest BCUT2D eigenvalue weighted by molar-refractivity contribution is 7.90. The molecule has 0 aliphatic heterocycles. The Labute approximate surface area is 95.4 Å². The molecule has 0 spiro atoms. The maximum atomic E-state index is 12.8. The summed E-state index contributed by atoms with van der Waals surface area (Å²) in [5, 5.41) is 5.19. The lowest BCUT2D eigenvalue weighted by Crippen LogP contribution is -2.21. The Morgan fingerprint density at radius 1 is 1.44 bits per heavy atom. The number of alkyl halides is 1. The molecule has 0 amide bonds. The number of rotatable bonds is 4. The Morgan fingerprint density at radius 3 is 2.25 bits per heavy atom. The van der Waals surface area contributed by atoms with Crippen LogP contribution >= 0.6 is 0 Å². The molecule has 90 valence electrons. The van der Waals surface area contributed by atoms with Crippen LogP contribution in [0.5, 0.6) is 0 Å². The molecule has 3 N–H and O–H groups in total. The van der Waals surface area contributed by atoms with Crippen molar-refractivity contribution in [3.63, 3.8) is 0 Å². The van der Waals surface area contributed by atoms with Gasteiger partial charge in [0.2, 0.25) is 0 Å². The smallest absolute Gasteiger partial charge is 0.132 e. The highest BCUT2D eigenvalue weighted by Crippen LogP contribution is 2.20. The van der Waals surface area contributed by atoms with Gasteiger partial charge in [-0.25, -0.2) is 18.5 Å². The summed E-state index contributed by atoms with van der Waals surface area (Å²) in [6.45, 7) is -0.495. The van der Waals surface area contributed by atoms with E-state index in [1.807, 2.05) is 0 Å². The molecule has 16 heavy (non-hydrogen) atoms. The van der Waals surface area contributed by atoms with Crippen molar-refractivity contribution in [2.75, 3.05) is 20.8 Å². The third-order valence-electron chi connectivity index (χ3n) is 2.38. The third-order valence-corrected chi connectivity index (χ3v) is 3.36. The first-order valence-corrected chi connectivity index (χ1v) is 6.37. The molecule has 0 aromatic heterocycles. The largest absolute Gasteiger partial charge is 0.300 e. The molecule has 2 atom stereocenters. The van der Waals surface area contributed by atoms with Crippen LogP contribution < -0.4 is 5.14 Å². The molecule has 4 nitrogen and oxygen atoms in total. The summed E-state index contributed by atoms with van der Waals surface area (Å²) in [4.78, 5) is 2.02. The van der Waals surface area contributed by atoms with E-state index < -0.39 is 16.6 Å². The van der Waals surface area contributed by atoms with E-state index in [0.717, 1.165) is 5.56 Å². The SMILES string of the molecule is CN(C)C(CF)c1ccc(S(=N)(N)=O)cc1.